The summed E-state index contributed by atoms with van der Waals surface area (Å²) >= 11 is 1.34. The Morgan fingerprint density at radius 3 is 2.81 bits per heavy atom. The van der Waals surface area contributed by atoms with E-state index in [2.05, 4.69) is 14.7 Å². The average molecular weight is 309 g/mol. The van der Waals surface area contributed by atoms with Crippen molar-refractivity contribution in [3.63, 3.8) is 0 Å². The van der Waals surface area contributed by atoms with E-state index < -0.39 is 0 Å². The molecule has 0 amide bonds. The Morgan fingerprint density at radius 1 is 1.38 bits per heavy atom. The second-order valence-corrected chi connectivity index (χ2v) is 5.25. The van der Waals surface area contributed by atoms with E-state index in [0.717, 1.165) is 16.5 Å². The Morgan fingerprint density at radius 2 is 2.19 bits per heavy atom. The first-order chi connectivity index (χ1) is 10.1. The van der Waals surface area contributed by atoms with Crippen molar-refractivity contribution in [3.8, 4) is 11.5 Å². The van der Waals surface area contributed by atoms with Crippen molar-refractivity contribution in [2.45, 2.75) is 19.9 Å². The van der Waals surface area contributed by atoms with Crippen LogP contribution in [0.25, 0.3) is 0 Å². The molecular formula is C14H19N3O3S. The highest BCUT2D eigenvalue weighted by molar-refractivity contribution is 7.09. The molecule has 6 nitrogen and oxygen atoms in total. The van der Waals surface area contributed by atoms with Gasteiger partial charge in [0.15, 0.2) is 11.5 Å². The van der Waals surface area contributed by atoms with Crippen LogP contribution in [0.2, 0.25) is 0 Å². The second-order valence-electron chi connectivity index (χ2n) is 4.50. The number of benzene rings is 1. The molecule has 0 fully saturated rings. The molecule has 0 bridgehead atoms. The summed E-state index contributed by atoms with van der Waals surface area (Å²) in [5.41, 5.74) is 1.05. The maximum absolute atomic E-state index is 8.81. The predicted octanol–water partition coefficient (Wildman–Crippen LogP) is 2.40. The summed E-state index contributed by atoms with van der Waals surface area (Å²) in [4.78, 5) is 4.29. The normalized spacial score (nSPS) is 12.0. The fourth-order valence-corrected chi connectivity index (χ4v) is 2.51. The van der Waals surface area contributed by atoms with Crippen LogP contribution in [-0.4, -0.2) is 34.8 Å². The molecule has 114 valence electrons. The summed E-state index contributed by atoms with van der Waals surface area (Å²) in [6.45, 7) is 4.12. The zero-order valence-corrected chi connectivity index (χ0v) is 13.1. The number of nitrogens with one attached hydrogen (secondary N) is 1. The fourth-order valence-electron chi connectivity index (χ4n) is 1.85. The van der Waals surface area contributed by atoms with E-state index in [1.165, 1.54) is 11.5 Å². The van der Waals surface area contributed by atoms with Crippen LogP contribution in [0.4, 0.5) is 5.13 Å². The lowest BCUT2D eigenvalue weighted by atomic mass is 10.1. The number of aromatic nitrogens is 2. The molecule has 0 saturated carbocycles. The Bertz CT molecular complexity index is 589. The minimum absolute atomic E-state index is 0.0285. The van der Waals surface area contributed by atoms with Crippen molar-refractivity contribution in [1.29, 1.82) is 0 Å². The Hall–Kier alpha value is -1.86. The first-order valence-corrected chi connectivity index (χ1v) is 7.40. The van der Waals surface area contributed by atoms with Gasteiger partial charge >= 0.3 is 0 Å². The van der Waals surface area contributed by atoms with Crippen molar-refractivity contribution in [1.82, 2.24) is 9.36 Å². The number of aliphatic hydroxyl groups excluding tert-OH is 1. The van der Waals surface area contributed by atoms with Crippen molar-refractivity contribution in [2.24, 2.45) is 0 Å². The van der Waals surface area contributed by atoms with Crippen LogP contribution in [0.3, 0.4) is 0 Å². The number of rotatable bonds is 7. The summed E-state index contributed by atoms with van der Waals surface area (Å²) in [6.07, 6.45) is 0. The number of nitrogens with zero attached hydrogens (tertiary/aromatic N) is 2. The van der Waals surface area contributed by atoms with Crippen LogP contribution in [0.5, 0.6) is 11.5 Å². The lowest BCUT2D eigenvalue weighted by molar-refractivity contribution is 0.196. The topological polar surface area (TPSA) is 76.5 Å². The molecule has 2 rings (SSSR count). The molecule has 0 aliphatic heterocycles. The number of anilines is 1. The summed E-state index contributed by atoms with van der Waals surface area (Å²) in [5, 5.41) is 12.9. The van der Waals surface area contributed by atoms with Crippen LogP contribution < -0.4 is 14.8 Å². The molecular weight excluding hydrogens is 290 g/mol. The summed E-state index contributed by atoms with van der Waals surface area (Å²) in [7, 11) is 1.59. The van der Waals surface area contributed by atoms with Crippen LogP contribution in [0.15, 0.2) is 18.2 Å². The standard InChI is InChI=1S/C14H19N3O3S/c1-9(15-14-16-10(2)17-21-14)11-4-5-12(20-7-6-18)13(8-11)19-3/h4-5,8-9,18H,6-7H2,1-3H3,(H,15,16,17). The van der Waals surface area contributed by atoms with Crippen molar-refractivity contribution >= 4 is 16.7 Å². The third-order valence-corrected chi connectivity index (χ3v) is 3.64. The predicted molar refractivity (Wildman–Crippen MR) is 82.3 cm³/mol. The summed E-state index contributed by atoms with van der Waals surface area (Å²) < 4.78 is 14.9. The number of methoxy groups -OCH3 is 1. The SMILES string of the molecule is COc1cc(C(C)Nc2nc(C)ns2)ccc1OCCO. The average Bonchev–Trinajstić information content (AvgIpc) is 2.90. The Kier molecular flexibility index (Phi) is 5.35. The molecule has 0 saturated heterocycles. The molecule has 1 aromatic heterocycles. The van der Waals surface area contributed by atoms with Gasteiger partial charge in [-0.15, -0.1) is 0 Å². The van der Waals surface area contributed by atoms with Gasteiger partial charge in [-0.25, -0.2) is 4.98 Å². The first kappa shape index (κ1) is 15.5. The number of ether oxygens (including phenoxy) is 2. The smallest absolute Gasteiger partial charge is 0.203 e. The minimum Gasteiger partial charge on any atom is -0.493 e. The maximum atomic E-state index is 8.81. The van der Waals surface area contributed by atoms with Crippen LogP contribution in [-0.2, 0) is 0 Å². The summed E-state index contributed by atoms with van der Waals surface area (Å²) in [6, 6.07) is 5.78. The van der Waals surface area contributed by atoms with Crippen molar-refractivity contribution in [2.75, 3.05) is 25.6 Å². The van der Waals surface area contributed by atoms with E-state index in [-0.39, 0.29) is 19.3 Å². The van der Waals surface area contributed by atoms with Crippen molar-refractivity contribution < 1.29 is 14.6 Å². The zero-order chi connectivity index (χ0) is 15.2. The highest BCUT2D eigenvalue weighted by atomic mass is 32.1. The lowest BCUT2D eigenvalue weighted by Gasteiger charge is -2.16. The van der Waals surface area contributed by atoms with Crippen molar-refractivity contribution in [3.05, 3.63) is 29.6 Å². The Labute approximate surface area is 127 Å². The van der Waals surface area contributed by atoms with Gasteiger partial charge in [-0.1, -0.05) is 6.07 Å². The third kappa shape index (κ3) is 4.05. The second kappa shape index (κ2) is 7.24. The van der Waals surface area contributed by atoms with Gasteiger partial charge in [-0.3, -0.25) is 0 Å². The molecule has 2 N–H and O–H groups in total. The van der Waals surface area contributed by atoms with E-state index in [0.29, 0.717) is 11.5 Å². The van der Waals surface area contributed by atoms with E-state index in [9.17, 15) is 0 Å². The highest BCUT2D eigenvalue weighted by Gasteiger charge is 2.12. The van der Waals surface area contributed by atoms with Gasteiger partial charge in [-0.2, -0.15) is 4.37 Å². The quantitative estimate of drug-likeness (QED) is 0.818. The number of hydrogen-bond donors (Lipinski definition) is 2. The largest absolute Gasteiger partial charge is 0.493 e. The zero-order valence-electron chi connectivity index (χ0n) is 12.3. The first-order valence-electron chi connectivity index (χ1n) is 6.62. The number of aliphatic hydroxyl groups is 1. The number of hydrogen-bond acceptors (Lipinski definition) is 7. The third-order valence-electron chi connectivity index (χ3n) is 2.90. The number of aryl methyl sites for hydroxylation is 1. The molecule has 1 atom stereocenters. The molecule has 0 aliphatic carbocycles. The van der Waals surface area contributed by atoms with Gasteiger partial charge in [0.05, 0.1) is 19.8 Å². The lowest BCUT2D eigenvalue weighted by Crippen LogP contribution is -2.08. The van der Waals surface area contributed by atoms with E-state index in [1.54, 1.807) is 7.11 Å². The van der Waals surface area contributed by atoms with Gasteiger partial charge < -0.3 is 19.9 Å². The molecule has 0 spiro atoms. The van der Waals surface area contributed by atoms with Gasteiger partial charge in [-0.05, 0) is 31.5 Å². The molecule has 7 heteroatoms. The van der Waals surface area contributed by atoms with Gasteiger partial charge in [0, 0.05) is 11.5 Å². The van der Waals surface area contributed by atoms with E-state index >= 15 is 0 Å². The molecule has 2 aromatic rings. The van der Waals surface area contributed by atoms with Gasteiger partial charge in [0.1, 0.15) is 12.4 Å². The van der Waals surface area contributed by atoms with Crippen LogP contribution in [0.1, 0.15) is 24.4 Å². The monoisotopic (exact) mass is 309 g/mol. The van der Waals surface area contributed by atoms with Gasteiger partial charge in [0.25, 0.3) is 0 Å². The molecule has 1 aromatic carbocycles. The van der Waals surface area contributed by atoms with E-state index in [1.807, 2.05) is 32.0 Å². The molecule has 1 unspecified atom stereocenters. The molecule has 1 heterocycles. The highest BCUT2D eigenvalue weighted by Crippen LogP contribution is 2.31. The Balaban J connectivity index is 2.11. The van der Waals surface area contributed by atoms with Crippen LogP contribution >= 0.6 is 11.5 Å². The molecule has 0 aliphatic rings. The van der Waals surface area contributed by atoms with E-state index in [4.69, 9.17) is 14.6 Å². The molecule has 0 radical (unpaired) electrons. The van der Waals surface area contributed by atoms with Gasteiger partial charge in [0.2, 0.25) is 5.13 Å². The summed E-state index contributed by atoms with van der Waals surface area (Å²) in [5.74, 6) is 2.03. The molecule has 21 heavy (non-hydrogen) atoms. The minimum atomic E-state index is -0.0285. The fraction of sp³-hybridized carbons (Fsp3) is 0.429. The van der Waals surface area contributed by atoms with Crippen LogP contribution in [0, 0.1) is 6.92 Å². The maximum Gasteiger partial charge on any atom is 0.203 e.